The van der Waals surface area contributed by atoms with Crippen molar-refractivity contribution < 1.29 is 4.79 Å². The van der Waals surface area contributed by atoms with E-state index in [1.807, 2.05) is 30.0 Å². The minimum absolute atomic E-state index is 0.0537. The first-order chi connectivity index (χ1) is 8.65. The number of hydrogen-bond acceptors (Lipinski definition) is 3. The van der Waals surface area contributed by atoms with Crippen molar-refractivity contribution in [3.63, 3.8) is 0 Å². The van der Waals surface area contributed by atoms with Crippen LogP contribution in [-0.2, 0) is 4.79 Å². The third kappa shape index (κ3) is 4.26. The summed E-state index contributed by atoms with van der Waals surface area (Å²) in [5.74, 6) is 2.20. The lowest BCUT2D eigenvalue weighted by atomic mass is 10.2. The molecule has 2 rings (SSSR count). The van der Waals surface area contributed by atoms with Crippen molar-refractivity contribution in [3.8, 4) is 0 Å². The molecule has 1 amide bonds. The monoisotopic (exact) mass is 392 g/mol. The van der Waals surface area contributed by atoms with Gasteiger partial charge in [0.15, 0.2) is 0 Å². The van der Waals surface area contributed by atoms with E-state index in [1.165, 1.54) is 0 Å². The Hall–Kier alpha value is -0.0400. The van der Waals surface area contributed by atoms with Gasteiger partial charge in [-0.1, -0.05) is 15.9 Å². The molecule has 6 heteroatoms. The Bertz CT molecular complexity index is 436. The zero-order valence-corrected chi connectivity index (χ0v) is 13.7. The van der Waals surface area contributed by atoms with Gasteiger partial charge in [-0.2, -0.15) is 11.8 Å². The van der Waals surface area contributed by atoms with Gasteiger partial charge in [-0.05, 0) is 34.1 Å². The maximum absolute atomic E-state index is 11.9. The first kappa shape index (κ1) is 14.4. The van der Waals surface area contributed by atoms with E-state index >= 15 is 0 Å². The Morgan fingerprint density at radius 3 is 3.00 bits per heavy atom. The van der Waals surface area contributed by atoms with Gasteiger partial charge in [0.2, 0.25) is 5.91 Å². The third-order valence-corrected chi connectivity index (χ3v) is 4.92. The minimum atomic E-state index is 0.0537. The van der Waals surface area contributed by atoms with Crippen LogP contribution in [-0.4, -0.2) is 30.0 Å². The smallest absolute Gasteiger partial charge is 0.226 e. The number of amides is 1. The molecule has 1 unspecified atom stereocenters. The fourth-order valence-electron chi connectivity index (χ4n) is 1.77. The molecule has 1 aliphatic heterocycles. The Morgan fingerprint density at radius 2 is 2.33 bits per heavy atom. The predicted octanol–water partition coefficient (Wildman–Crippen LogP) is 3.25. The summed E-state index contributed by atoms with van der Waals surface area (Å²) in [6, 6.07) is 6.01. The molecular formula is C12H14Br2N2OS. The van der Waals surface area contributed by atoms with E-state index < -0.39 is 0 Å². The number of nitrogens with one attached hydrogen (secondary N) is 2. The van der Waals surface area contributed by atoms with Crippen LogP contribution >= 0.6 is 43.6 Å². The summed E-state index contributed by atoms with van der Waals surface area (Å²) in [5, 5.41) is 6.29. The molecule has 0 aliphatic carbocycles. The maximum atomic E-state index is 11.9. The number of rotatable bonds is 3. The SMILES string of the molecule is O=C(CC1CSCCN1)Nc1ccc(Br)cc1Br. The molecule has 18 heavy (non-hydrogen) atoms. The normalized spacial score (nSPS) is 19.6. The number of anilines is 1. The molecule has 1 aromatic rings. The van der Waals surface area contributed by atoms with Crippen molar-refractivity contribution in [2.75, 3.05) is 23.4 Å². The van der Waals surface area contributed by atoms with Crippen LogP contribution in [0.4, 0.5) is 5.69 Å². The largest absolute Gasteiger partial charge is 0.325 e. The summed E-state index contributed by atoms with van der Waals surface area (Å²) in [6.07, 6.45) is 0.523. The van der Waals surface area contributed by atoms with Crippen molar-refractivity contribution in [2.24, 2.45) is 0 Å². The van der Waals surface area contributed by atoms with Crippen LogP contribution < -0.4 is 10.6 Å². The van der Waals surface area contributed by atoms with Crippen LogP contribution in [0, 0.1) is 0 Å². The average Bonchev–Trinajstić information content (AvgIpc) is 2.34. The molecule has 1 heterocycles. The van der Waals surface area contributed by atoms with E-state index in [2.05, 4.69) is 42.5 Å². The molecule has 1 atom stereocenters. The number of carbonyl (C=O) groups excluding carboxylic acids is 1. The molecule has 3 nitrogen and oxygen atoms in total. The van der Waals surface area contributed by atoms with Gasteiger partial charge in [0.25, 0.3) is 0 Å². The number of benzene rings is 1. The third-order valence-electron chi connectivity index (χ3n) is 2.64. The number of halogens is 2. The zero-order chi connectivity index (χ0) is 13.0. The van der Waals surface area contributed by atoms with Gasteiger partial charge in [-0.25, -0.2) is 0 Å². The van der Waals surface area contributed by atoms with Crippen LogP contribution in [0.2, 0.25) is 0 Å². The minimum Gasteiger partial charge on any atom is -0.325 e. The molecule has 1 aromatic carbocycles. The van der Waals surface area contributed by atoms with Crippen molar-refractivity contribution in [1.29, 1.82) is 0 Å². The highest BCUT2D eigenvalue weighted by Gasteiger charge is 2.17. The maximum Gasteiger partial charge on any atom is 0.226 e. The van der Waals surface area contributed by atoms with Crippen LogP contribution in [0.5, 0.6) is 0 Å². The number of thioether (sulfide) groups is 1. The molecule has 98 valence electrons. The molecular weight excluding hydrogens is 380 g/mol. The first-order valence-electron chi connectivity index (χ1n) is 5.71. The summed E-state index contributed by atoms with van der Waals surface area (Å²) < 4.78 is 1.87. The lowest BCUT2D eigenvalue weighted by Crippen LogP contribution is -2.39. The van der Waals surface area contributed by atoms with E-state index in [4.69, 9.17) is 0 Å². The molecule has 1 aliphatic rings. The molecule has 1 fully saturated rings. The highest BCUT2D eigenvalue weighted by molar-refractivity contribution is 9.11. The Kier molecular flexibility index (Phi) is 5.54. The Labute approximate surface area is 128 Å². The van der Waals surface area contributed by atoms with Crippen molar-refractivity contribution >= 4 is 55.2 Å². The summed E-state index contributed by atoms with van der Waals surface area (Å²) in [7, 11) is 0. The molecule has 0 saturated carbocycles. The predicted molar refractivity (Wildman–Crippen MR) is 84.2 cm³/mol. The fourth-order valence-corrected chi connectivity index (χ4v) is 3.86. The average molecular weight is 394 g/mol. The number of carbonyl (C=O) groups is 1. The van der Waals surface area contributed by atoms with Crippen molar-refractivity contribution in [3.05, 3.63) is 27.1 Å². The lowest BCUT2D eigenvalue weighted by Gasteiger charge is -2.22. The summed E-state index contributed by atoms with van der Waals surface area (Å²) >= 11 is 8.72. The second-order valence-electron chi connectivity index (χ2n) is 4.10. The topological polar surface area (TPSA) is 41.1 Å². The molecule has 0 radical (unpaired) electrons. The molecule has 0 aromatic heterocycles. The lowest BCUT2D eigenvalue weighted by molar-refractivity contribution is -0.116. The highest BCUT2D eigenvalue weighted by Crippen LogP contribution is 2.26. The molecule has 0 bridgehead atoms. The second kappa shape index (κ2) is 6.93. The van der Waals surface area contributed by atoms with Gasteiger partial charge in [0.05, 0.1) is 5.69 Å². The quantitative estimate of drug-likeness (QED) is 0.828. The zero-order valence-electron chi connectivity index (χ0n) is 9.71. The van der Waals surface area contributed by atoms with Gasteiger partial charge in [0.1, 0.15) is 0 Å². The van der Waals surface area contributed by atoms with Crippen LogP contribution in [0.3, 0.4) is 0 Å². The molecule has 2 N–H and O–H groups in total. The Balaban J connectivity index is 1.90. The molecule has 1 saturated heterocycles. The van der Waals surface area contributed by atoms with E-state index in [1.54, 1.807) is 0 Å². The standard InChI is InChI=1S/C12H14Br2N2OS/c13-8-1-2-11(10(14)5-8)16-12(17)6-9-7-18-4-3-15-9/h1-2,5,9,15H,3-4,6-7H2,(H,16,17). The van der Waals surface area contributed by atoms with E-state index in [0.29, 0.717) is 6.42 Å². The van der Waals surface area contributed by atoms with Gasteiger partial charge >= 0.3 is 0 Å². The summed E-state index contributed by atoms with van der Waals surface area (Å²) in [5.41, 5.74) is 0.812. The van der Waals surface area contributed by atoms with Crippen LogP contribution in [0.1, 0.15) is 6.42 Å². The fraction of sp³-hybridized carbons (Fsp3) is 0.417. The number of hydrogen-bond donors (Lipinski definition) is 2. The van der Waals surface area contributed by atoms with Gasteiger partial charge in [-0.15, -0.1) is 0 Å². The second-order valence-corrected chi connectivity index (χ2v) is 7.02. The van der Waals surface area contributed by atoms with Gasteiger partial charge in [0, 0.05) is 39.5 Å². The first-order valence-corrected chi connectivity index (χ1v) is 8.45. The molecule has 0 spiro atoms. The highest BCUT2D eigenvalue weighted by atomic mass is 79.9. The van der Waals surface area contributed by atoms with Crippen molar-refractivity contribution in [1.82, 2.24) is 5.32 Å². The summed E-state index contributed by atoms with van der Waals surface area (Å²) in [4.78, 5) is 11.9. The van der Waals surface area contributed by atoms with E-state index in [-0.39, 0.29) is 11.9 Å². The van der Waals surface area contributed by atoms with Crippen LogP contribution in [0.15, 0.2) is 27.1 Å². The van der Waals surface area contributed by atoms with Gasteiger partial charge < -0.3 is 10.6 Å². The van der Waals surface area contributed by atoms with E-state index in [9.17, 15) is 4.79 Å². The summed E-state index contributed by atoms with van der Waals surface area (Å²) in [6.45, 7) is 0.991. The van der Waals surface area contributed by atoms with Gasteiger partial charge in [-0.3, -0.25) is 4.79 Å². The van der Waals surface area contributed by atoms with Crippen molar-refractivity contribution in [2.45, 2.75) is 12.5 Å². The van der Waals surface area contributed by atoms with Crippen LogP contribution in [0.25, 0.3) is 0 Å². The Morgan fingerprint density at radius 1 is 1.50 bits per heavy atom. The van der Waals surface area contributed by atoms with E-state index in [0.717, 1.165) is 32.7 Å².